The van der Waals surface area contributed by atoms with Crippen molar-refractivity contribution in [2.75, 3.05) is 5.32 Å². The van der Waals surface area contributed by atoms with E-state index in [2.05, 4.69) is 38.4 Å². The molecule has 0 radical (unpaired) electrons. The zero-order valence-electron chi connectivity index (χ0n) is 14.9. The zero-order chi connectivity index (χ0) is 20.6. The van der Waals surface area contributed by atoms with Gasteiger partial charge in [-0.2, -0.15) is 5.10 Å². The van der Waals surface area contributed by atoms with Gasteiger partial charge in [0, 0.05) is 9.26 Å². The van der Waals surface area contributed by atoms with Gasteiger partial charge in [-0.3, -0.25) is 5.43 Å². The number of esters is 1. The predicted molar refractivity (Wildman–Crippen MR) is 124 cm³/mol. The third-order valence-electron chi connectivity index (χ3n) is 3.67. The normalized spacial score (nSPS) is 10.6. The molecule has 0 spiro atoms. The highest BCUT2D eigenvalue weighted by Crippen LogP contribution is 2.17. The number of nitrogens with one attached hydrogen (secondary N) is 2. The summed E-state index contributed by atoms with van der Waals surface area (Å²) in [5.74, 6) is -0.288. The summed E-state index contributed by atoms with van der Waals surface area (Å²) < 4.78 is 19.1. The number of hydrogen-bond acceptors (Lipinski definition) is 4. The Morgan fingerprint density at radius 2 is 1.72 bits per heavy atom. The molecular weight excluding hydrogens is 504 g/mol. The summed E-state index contributed by atoms with van der Waals surface area (Å²) in [5.41, 5.74) is 4.64. The van der Waals surface area contributed by atoms with E-state index in [0.29, 0.717) is 17.0 Å². The fraction of sp³-hybridized carbons (Fsp3) is 0. The van der Waals surface area contributed by atoms with Crippen molar-refractivity contribution in [3.8, 4) is 5.75 Å². The molecule has 0 heterocycles. The third-order valence-corrected chi connectivity index (χ3v) is 4.80. The molecule has 0 amide bonds. The Hall–Kier alpha value is -2.85. The van der Waals surface area contributed by atoms with Crippen LogP contribution < -0.4 is 15.5 Å². The second-order valence-electron chi connectivity index (χ2n) is 5.77. The maximum atomic E-state index is 12.9. The average molecular weight is 519 g/mol. The number of rotatable bonds is 5. The summed E-state index contributed by atoms with van der Waals surface area (Å²) in [4.78, 5) is 12.2. The standard InChI is InChI=1S/C21H15FIN3O2S/c22-15-7-9-16(10-8-15)25-21(29)26-24-13-14-5-11-17(12-6-14)28-20(27)18-3-1-2-4-19(18)23/h1-13H,(H2,25,26,29). The quantitative estimate of drug-likeness (QED) is 0.125. The molecule has 0 aromatic heterocycles. The Morgan fingerprint density at radius 3 is 2.41 bits per heavy atom. The van der Waals surface area contributed by atoms with Crippen molar-refractivity contribution < 1.29 is 13.9 Å². The Labute approximate surface area is 186 Å². The summed E-state index contributed by atoms with van der Waals surface area (Å²) in [6, 6.07) is 19.9. The highest BCUT2D eigenvalue weighted by atomic mass is 127. The topological polar surface area (TPSA) is 62.7 Å². The fourth-order valence-corrected chi connectivity index (χ4v) is 3.05. The first-order valence-electron chi connectivity index (χ1n) is 8.44. The van der Waals surface area contributed by atoms with Crippen LogP contribution in [0.5, 0.6) is 5.75 Å². The van der Waals surface area contributed by atoms with Crippen LogP contribution in [-0.4, -0.2) is 17.3 Å². The molecule has 3 rings (SSSR count). The van der Waals surface area contributed by atoms with Gasteiger partial charge in [0.25, 0.3) is 0 Å². The monoisotopic (exact) mass is 519 g/mol. The molecular formula is C21H15FIN3O2S. The first kappa shape index (κ1) is 20.9. The molecule has 0 fully saturated rings. The maximum absolute atomic E-state index is 12.9. The van der Waals surface area contributed by atoms with Crippen LogP contribution in [-0.2, 0) is 0 Å². The van der Waals surface area contributed by atoms with Gasteiger partial charge in [0.05, 0.1) is 11.8 Å². The lowest BCUT2D eigenvalue weighted by Gasteiger charge is -2.07. The van der Waals surface area contributed by atoms with Crippen molar-refractivity contribution in [3.63, 3.8) is 0 Å². The average Bonchev–Trinajstić information content (AvgIpc) is 2.71. The molecule has 5 nitrogen and oxygen atoms in total. The van der Waals surface area contributed by atoms with E-state index in [-0.39, 0.29) is 10.9 Å². The molecule has 0 saturated heterocycles. The zero-order valence-corrected chi connectivity index (χ0v) is 17.9. The second kappa shape index (κ2) is 10.1. The number of hydrogen-bond donors (Lipinski definition) is 2. The van der Waals surface area contributed by atoms with Gasteiger partial charge in [-0.05, 0) is 101 Å². The molecule has 0 saturated carbocycles. The van der Waals surface area contributed by atoms with Gasteiger partial charge in [-0.1, -0.05) is 12.1 Å². The number of halogens is 2. The van der Waals surface area contributed by atoms with E-state index in [1.54, 1.807) is 54.7 Å². The molecule has 29 heavy (non-hydrogen) atoms. The molecule has 3 aromatic rings. The highest BCUT2D eigenvalue weighted by Gasteiger charge is 2.11. The first-order valence-corrected chi connectivity index (χ1v) is 9.92. The third kappa shape index (κ3) is 6.33. The fourth-order valence-electron chi connectivity index (χ4n) is 2.27. The van der Waals surface area contributed by atoms with E-state index in [0.717, 1.165) is 9.13 Å². The van der Waals surface area contributed by atoms with Gasteiger partial charge in [-0.25, -0.2) is 9.18 Å². The van der Waals surface area contributed by atoms with Crippen LogP contribution in [0.1, 0.15) is 15.9 Å². The van der Waals surface area contributed by atoms with Crippen LogP contribution in [0.3, 0.4) is 0 Å². The summed E-state index contributed by atoms with van der Waals surface area (Å²) in [6.45, 7) is 0. The number of benzene rings is 3. The van der Waals surface area contributed by atoms with E-state index in [4.69, 9.17) is 17.0 Å². The lowest BCUT2D eigenvalue weighted by molar-refractivity contribution is 0.0733. The van der Waals surface area contributed by atoms with Crippen molar-refractivity contribution in [1.29, 1.82) is 0 Å². The van der Waals surface area contributed by atoms with Gasteiger partial charge in [0.1, 0.15) is 11.6 Å². The first-order chi connectivity index (χ1) is 14.0. The molecule has 0 unspecified atom stereocenters. The lowest BCUT2D eigenvalue weighted by Crippen LogP contribution is -2.23. The van der Waals surface area contributed by atoms with Gasteiger partial charge >= 0.3 is 5.97 Å². The van der Waals surface area contributed by atoms with Gasteiger partial charge in [0.2, 0.25) is 0 Å². The smallest absolute Gasteiger partial charge is 0.344 e. The number of carbonyl (C=O) groups excluding carboxylic acids is 1. The van der Waals surface area contributed by atoms with E-state index in [9.17, 15) is 9.18 Å². The van der Waals surface area contributed by atoms with Gasteiger partial charge in [0.15, 0.2) is 5.11 Å². The number of nitrogens with zero attached hydrogens (tertiary/aromatic N) is 1. The SMILES string of the molecule is O=C(Oc1ccc(C=NNC(=S)Nc2ccc(F)cc2)cc1)c1ccccc1I. The van der Waals surface area contributed by atoms with Crippen LogP contribution >= 0.6 is 34.8 Å². The molecule has 2 N–H and O–H groups in total. The summed E-state index contributed by atoms with van der Waals surface area (Å²) in [6.07, 6.45) is 1.57. The Bertz CT molecular complexity index is 1040. The second-order valence-corrected chi connectivity index (χ2v) is 7.34. The van der Waals surface area contributed by atoms with Crippen LogP contribution in [0, 0.1) is 9.39 Å². The number of ether oxygens (including phenoxy) is 1. The molecule has 0 atom stereocenters. The Balaban J connectivity index is 1.52. The number of hydrazone groups is 1. The molecule has 3 aromatic carbocycles. The van der Waals surface area contributed by atoms with Gasteiger partial charge < -0.3 is 10.1 Å². The molecule has 0 aliphatic carbocycles. The van der Waals surface area contributed by atoms with Crippen molar-refractivity contribution >= 4 is 57.8 Å². The minimum Gasteiger partial charge on any atom is -0.423 e. The molecule has 0 aliphatic heterocycles. The largest absolute Gasteiger partial charge is 0.423 e. The molecule has 8 heteroatoms. The van der Waals surface area contributed by atoms with Crippen LogP contribution in [0.25, 0.3) is 0 Å². The van der Waals surface area contributed by atoms with Crippen LogP contribution in [0.15, 0.2) is 77.9 Å². The van der Waals surface area contributed by atoms with E-state index in [1.807, 2.05) is 12.1 Å². The van der Waals surface area contributed by atoms with Crippen molar-refractivity contribution in [1.82, 2.24) is 5.43 Å². The number of carbonyl (C=O) groups is 1. The van der Waals surface area contributed by atoms with Crippen molar-refractivity contribution in [3.05, 3.63) is 93.3 Å². The molecule has 0 bridgehead atoms. The summed E-state index contributed by atoms with van der Waals surface area (Å²) in [7, 11) is 0. The van der Waals surface area contributed by atoms with Gasteiger partial charge in [-0.15, -0.1) is 0 Å². The predicted octanol–water partition coefficient (Wildman–Crippen LogP) is 4.97. The number of thiocarbonyl (C=S) groups is 1. The summed E-state index contributed by atoms with van der Waals surface area (Å²) >= 11 is 7.22. The lowest BCUT2D eigenvalue weighted by atomic mass is 10.2. The molecule has 0 aliphatic rings. The van der Waals surface area contributed by atoms with E-state index in [1.165, 1.54) is 12.1 Å². The Kier molecular flexibility index (Phi) is 7.25. The van der Waals surface area contributed by atoms with Crippen molar-refractivity contribution in [2.24, 2.45) is 5.10 Å². The minimum absolute atomic E-state index is 0.274. The number of anilines is 1. The summed E-state index contributed by atoms with van der Waals surface area (Å²) in [5, 5.41) is 7.21. The van der Waals surface area contributed by atoms with Crippen LogP contribution in [0.2, 0.25) is 0 Å². The van der Waals surface area contributed by atoms with E-state index >= 15 is 0 Å². The van der Waals surface area contributed by atoms with Crippen LogP contribution in [0.4, 0.5) is 10.1 Å². The Morgan fingerprint density at radius 1 is 1.03 bits per heavy atom. The molecule has 146 valence electrons. The van der Waals surface area contributed by atoms with E-state index < -0.39 is 5.97 Å². The maximum Gasteiger partial charge on any atom is 0.344 e. The minimum atomic E-state index is -0.407. The van der Waals surface area contributed by atoms with Crippen molar-refractivity contribution in [2.45, 2.75) is 0 Å². The highest BCUT2D eigenvalue weighted by molar-refractivity contribution is 14.1.